The Morgan fingerprint density at radius 1 is 1.07 bits per heavy atom. The van der Waals surface area contributed by atoms with Gasteiger partial charge in [-0.1, -0.05) is 37.3 Å². The molecule has 2 aromatic heterocycles. The lowest BCUT2D eigenvalue weighted by Gasteiger charge is -2.12. The van der Waals surface area contributed by atoms with E-state index in [1.165, 1.54) is 0 Å². The summed E-state index contributed by atoms with van der Waals surface area (Å²) < 4.78 is 9.56. The highest BCUT2D eigenvalue weighted by atomic mass is 16.5. The molecule has 4 aromatic rings. The fourth-order valence-corrected chi connectivity index (χ4v) is 3.23. The number of amides is 1. The van der Waals surface area contributed by atoms with E-state index in [0.717, 1.165) is 29.7 Å². The Bertz CT molecular complexity index is 1100. The normalized spacial score (nSPS) is 10.9. The van der Waals surface area contributed by atoms with Gasteiger partial charge in [-0.05, 0) is 30.7 Å². The number of aryl methyl sites for hydroxylation is 1. The summed E-state index contributed by atoms with van der Waals surface area (Å²) in [6.45, 7) is 3.25. The number of aromatic nitrogens is 4. The molecule has 0 fully saturated rings. The molecule has 29 heavy (non-hydrogen) atoms. The van der Waals surface area contributed by atoms with Gasteiger partial charge in [0, 0.05) is 12.6 Å². The van der Waals surface area contributed by atoms with Crippen molar-refractivity contribution in [2.24, 2.45) is 0 Å². The number of para-hydroxylation sites is 3. The maximum atomic E-state index is 12.8. The molecule has 0 atom stereocenters. The molecule has 7 heteroatoms. The highest BCUT2D eigenvalue weighted by molar-refractivity contribution is 5.91. The van der Waals surface area contributed by atoms with Crippen LogP contribution in [0, 0.1) is 0 Å². The predicted molar refractivity (Wildman–Crippen MR) is 112 cm³/mol. The Hall–Kier alpha value is -3.61. The third kappa shape index (κ3) is 4.29. The predicted octanol–water partition coefficient (Wildman–Crippen LogP) is 3.86. The minimum absolute atomic E-state index is 0.132. The Kier molecular flexibility index (Phi) is 5.56. The second kappa shape index (κ2) is 8.60. The minimum Gasteiger partial charge on any atom is -0.486 e. The molecular formula is C22H23N5O2. The lowest BCUT2D eigenvalue weighted by molar-refractivity contribution is -0.116. The molecule has 0 aliphatic heterocycles. The number of ether oxygens (including phenoxy) is 1. The number of benzene rings is 2. The molecule has 0 unspecified atom stereocenters. The van der Waals surface area contributed by atoms with E-state index in [-0.39, 0.29) is 19.1 Å². The van der Waals surface area contributed by atoms with Gasteiger partial charge in [-0.2, -0.15) is 5.10 Å². The Labute approximate surface area is 168 Å². The van der Waals surface area contributed by atoms with E-state index in [1.807, 2.05) is 59.2 Å². The van der Waals surface area contributed by atoms with Gasteiger partial charge in [-0.15, -0.1) is 0 Å². The molecule has 0 bridgehead atoms. The molecule has 0 radical (unpaired) electrons. The van der Waals surface area contributed by atoms with Gasteiger partial charge in [-0.25, -0.2) is 9.67 Å². The van der Waals surface area contributed by atoms with E-state index in [1.54, 1.807) is 16.9 Å². The van der Waals surface area contributed by atoms with Gasteiger partial charge in [-0.3, -0.25) is 4.79 Å². The molecule has 2 aromatic carbocycles. The molecule has 7 nitrogen and oxygen atoms in total. The van der Waals surface area contributed by atoms with E-state index in [9.17, 15) is 4.79 Å². The van der Waals surface area contributed by atoms with Crippen molar-refractivity contribution in [2.45, 2.75) is 33.0 Å². The summed E-state index contributed by atoms with van der Waals surface area (Å²) in [5.74, 6) is 2.03. The number of carbonyl (C=O) groups is 1. The summed E-state index contributed by atoms with van der Waals surface area (Å²) in [4.78, 5) is 17.4. The van der Waals surface area contributed by atoms with E-state index >= 15 is 0 Å². The fraction of sp³-hybridized carbons (Fsp3) is 0.227. The van der Waals surface area contributed by atoms with Crippen LogP contribution >= 0.6 is 0 Å². The number of nitrogens with one attached hydrogen (secondary N) is 1. The van der Waals surface area contributed by atoms with Crippen LogP contribution in [0.25, 0.3) is 11.0 Å². The van der Waals surface area contributed by atoms with Crippen molar-refractivity contribution in [1.29, 1.82) is 0 Å². The van der Waals surface area contributed by atoms with Gasteiger partial charge in [0.25, 0.3) is 0 Å². The first-order chi connectivity index (χ1) is 14.2. The van der Waals surface area contributed by atoms with Crippen molar-refractivity contribution in [3.05, 3.63) is 72.7 Å². The quantitative estimate of drug-likeness (QED) is 0.497. The number of anilines is 1. The molecule has 1 amide bonds. The Morgan fingerprint density at radius 3 is 2.69 bits per heavy atom. The Balaban J connectivity index is 1.55. The monoisotopic (exact) mass is 389 g/mol. The van der Waals surface area contributed by atoms with Crippen molar-refractivity contribution < 1.29 is 9.53 Å². The number of hydrogen-bond acceptors (Lipinski definition) is 4. The molecule has 0 spiro atoms. The summed E-state index contributed by atoms with van der Waals surface area (Å²) in [7, 11) is 0. The minimum atomic E-state index is -0.132. The largest absolute Gasteiger partial charge is 0.486 e. The van der Waals surface area contributed by atoms with Crippen molar-refractivity contribution in [1.82, 2.24) is 19.3 Å². The average molecular weight is 389 g/mol. The molecule has 4 rings (SSSR count). The van der Waals surface area contributed by atoms with E-state index < -0.39 is 0 Å². The zero-order valence-electron chi connectivity index (χ0n) is 16.3. The van der Waals surface area contributed by atoms with Gasteiger partial charge < -0.3 is 14.6 Å². The maximum absolute atomic E-state index is 12.8. The molecule has 0 saturated heterocycles. The molecular weight excluding hydrogens is 366 g/mol. The van der Waals surface area contributed by atoms with Gasteiger partial charge in [0.1, 0.15) is 30.5 Å². The number of imidazole rings is 1. The van der Waals surface area contributed by atoms with Crippen LogP contribution in [0.2, 0.25) is 0 Å². The lowest BCUT2D eigenvalue weighted by Crippen LogP contribution is -2.22. The highest BCUT2D eigenvalue weighted by Gasteiger charge is 2.15. The van der Waals surface area contributed by atoms with E-state index in [0.29, 0.717) is 11.6 Å². The summed E-state index contributed by atoms with van der Waals surface area (Å²) in [5, 5.41) is 7.20. The van der Waals surface area contributed by atoms with Crippen LogP contribution in [-0.2, 0) is 24.5 Å². The van der Waals surface area contributed by atoms with Gasteiger partial charge >= 0.3 is 0 Å². The summed E-state index contributed by atoms with van der Waals surface area (Å²) in [6, 6.07) is 19.2. The number of rotatable bonds is 8. The van der Waals surface area contributed by atoms with E-state index in [2.05, 4.69) is 22.3 Å². The zero-order valence-corrected chi connectivity index (χ0v) is 16.3. The molecule has 1 N–H and O–H groups in total. The van der Waals surface area contributed by atoms with Crippen LogP contribution < -0.4 is 10.1 Å². The molecule has 0 aliphatic rings. The highest BCUT2D eigenvalue weighted by Crippen LogP contribution is 2.19. The number of fused-ring (bicyclic) bond motifs is 1. The second-order valence-corrected chi connectivity index (χ2v) is 6.69. The first-order valence-electron chi connectivity index (χ1n) is 9.68. The lowest BCUT2D eigenvalue weighted by atomic mass is 10.3. The van der Waals surface area contributed by atoms with Gasteiger partial charge in [0.15, 0.2) is 0 Å². The second-order valence-electron chi connectivity index (χ2n) is 6.69. The first kappa shape index (κ1) is 18.7. The van der Waals surface area contributed by atoms with Crippen molar-refractivity contribution in [3.8, 4) is 5.75 Å². The molecule has 148 valence electrons. The zero-order chi connectivity index (χ0) is 20.1. The van der Waals surface area contributed by atoms with Crippen LogP contribution in [0.1, 0.15) is 19.2 Å². The molecule has 2 heterocycles. The van der Waals surface area contributed by atoms with Crippen molar-refractivity contribution in [3.63, 3.8) is 0 Å². The average Bonchev–Trinajstić information content (AvgIpc) is 3.32. The Morgan fingerprint density at radius 2 is 1.86 bits per heavy atom. The van der Waals surface area contributed by atoms with Crippen LogP contribution in [0.15, 0.2) is 66.9 Å². The summed E-state index contributed by atoms with van der Waals surface area (Å²) in [6.07, 6.45) is 2.63. The van der Waals surface area contributed by atoms with Crippen LogP contribution in [0.5, 0.6) is 5.75 Å². The van der Waals surface area contributed by atoms with Crippen LogP contribution in [0.3, 0.4) is 0 Å². The smallest absolute Gasteiger partial charge is 0.245 e. The molecule has 0 saturated carbocycles. The standard InChI is InChI=1S/C22H23N5O2/c1-2-14-27-20(12-13-23-27)25-22(28)15-26-19-11-7-6-10-18(19)24-21(26)16-29-17-8-4-3-5-9-17/h3-13H,2,14-16H2,1H3,(H,25,28). The first-order valence-corrected chi connectivity index (χ1v) is 9.68. The van der Waals surface area contributed by atoms with Crippen molar-refractivity contribution in [2.75, 3.05) is 5.32 Å². The number of nitrogens with zero attached hydrogens (tertiary/aromatic N) is 4. The third-order valence-corrected chi connectivity index (χ3v) is 4.57. The summed E-state index contributed by atoms with van der Waals surface area (Å²) in [5.41, 5.74) is 1.74. The maximum Gasteiger partial charge on any atom is 0.245 e. The number of carbonyl (C=O) groups excluding carboxylic acids is 1. The van der Waals surface area contributed by atoms with Gasteiger partial charge in [0.2, 0.25) is 5.91 Å². The molecule has 0 aliphatic carbocycles. The summed E-state index contributed by atoms with van der Waals surface area (Å²) >= 11 is 0. The third-order valence-electron chi connectivity index (χ3n) is 4.57. The topological polar surface area (TPSA) is 74.0 Å². The SMILES string of the molecule is CCCn1nccc1NC(=O)Cn1c(COc2ccccc2)nc2ccccc21. The number of hydrogen-bond donors (Lipinski definition) is 1. The van der Waals surface area contributed by atoms with E-state index in [4.69, 9.17) is 4.74 Å². The van der Waals surface area contributed by atoms with Crippen LogP contribution in [0.4, 0.5) is 5.82 Å². The fourth-order valence-electron chi connectivity index (χ4n) is 3.23. The van der Waals surface area contributed by atoms with Crippen LogP contribution in [-0.4, -0.2) is 25.2 Å². The van der Waals surface area contributed by atoms with Crippen molar-refractivity contribution >= 4 is 22.8 Å². The van der Waals surface area contributed by atoms with Gasteiger partial charge in [0.05, 0.1) is 17.2 Å².